The Kier molecular flexibility index (Phi) is 2.87. The molecule has 3 rings (SSSR count). The highest BCUT2D eigenvalue weighted by atomic mass is 16.2. The molecule has 2 nitrogen and oxygen atoms in total. The van der Waals surface area contributed by atoms with Crippen LogP contribution in [0.15, 0.2) is 30.3 Å². The highest BCUT2D eigenvalue weighted by Gasteiger charge is 2.37. The van der Waals surface area contributed by atoms with E-state index in [4.69, 9.17) is 0 Å². The molecule has 17 heavy (non-hydrogen) atoms. The number of nitrogens with zero attached hydrogens (tertiary/aromatic N) is 1. The summed E-state index contributed by atoms with van der Waals surface area (Å²) in [6.45, 7) is 2.02. The molecule has 0 bridgehead atoms. The van der Waals surface area contributed by atoms with E-state index >= 15 is 0 Å². The maximum atomic E-state index is 12.2. The highest BCUT2D eigenvalue weighted by Crippen LogP contribution is 2.37. The van der Waals surface area contributed by atoms with E-state index in [1.165, 1.54) is 19.3 Å². The monoisotopic (exact) mass is 229 g/mol. The van der Waals surface area contributed by atoms with E-state index in [2.05, 4.69) is 4.90 Å². The summed E-state index contributed by atoms with van der Waals surface area (Å²) in [5, 5.41) is 0. The van der Waals surface area contributed by atoms with E-state index in [-0.39, 0.29) is 0 Å². The van der Waals surface area contributed by atoms with Crippen molar-refractivity contribution in [3.05, 3.63) is 35.9 Å². The van der Waals surface area contributed by atoms with Gasteiger partial charge in [0.15, 0.2) is 0 Å². The fraction of sp³-hybridized carbons (Fsp3) is 0.533. The van der Waals surface area contributed by atoms with E-state index in [0.29, 0.717) is 12.3 Å². The molecule has 0 N–H and O–H groups in total. The van der Waals surface area contributed by atoms with Crippen molar-refractivity contribution in [2.24, 2.45) is 11.8 Å². The Bertz CT molecular complexity index is 389. The van der Waals surface area contributed by atoms with Crippen molar-refractivity contribution in [1.82, 2.24) is 4.90 Å². The van der Waals surface area contributed by atoms with Crippen LogP contribution in [0.3, 0.4) is 0 Å². The predicted octanol–water partition coefficient (Wildman–Crippen LogP) is 2.49. The fourth-order valence-corrected chi connectivity index (χ4v) is 3.32. The molecule has 2 heteroatoms. The van der Waals surface area contributed by atoms with Crippen molar-refractivity contribution in [3.8, 4) is 0 Å². The molecule has 0 aromatic heterocycles. The van der Waals surface area contributed by atoms with Crippen LogP contribution in [0.1, 0.15) is 24.8 Å². The van der Waals surface area contributed by atoms with Crippen molar-refractivity contribution < 1.29 is 4.79 Å². The van der Waals surface area contributed by atoms with Gasteiger partial charge in [0.2, 0.25) is 5.91 Å². The minimum atomic E-state index is 0.311. The Labute approximate surface area is 103 Å². The van der Waals surface area contributed by atoms with Crippen molar-refractivity contribution >= 4 is 5.91 Å². The quantitative estimate of drug-likeness (QED) is 0.763. The summed E-state index contributed by atoms with van der Waals surface area (Å²) in [4.78, 5) is 14.3. The summed E-state index contributed by atoms with van der Waals surface area (Å²) in [6.07, 6.45) is 4.61. The first-order valence-corrected chi connectivity index (χ1v) is 6.64. The van der Waals surface area contributed by atoms with Crippen LogP contribution < -0.4 is 0 Å². The summed E-state index contributed by atoms with van der Waals surface area (Å²) < 4.78 is 0. The Morgan fingerprint density at radius 3 is 2.41 bits per heavy atom. The maximum absolute atomic E-state index is 12.2. The smallest absolute Gasteiger partial charge is 0.227 e. The normalized spacial score (nSPS) is 27.2. The highest BCUT2D eigenvalue weighted by molar-refractivity contribution is 5.79. The van der Waals surface area contributed by atoms with Crippen LogP contribution in [-0.4, -0.2) is 23.9 Å². The molecule has 90 valence electrons. The van der Waals surface area contributed by atoms with Crippen molar-refractivity contribution in [3.63, 3.8) is 0 Å². The lowest BCUT2D eigenvalue weighted by Gasteiger charge is -2.17. The SMILES string of the molecule is O=C(Cc1ccccc1)N1CC2CCCC2C1. The first kappa shape index (κ1) is 10.8. The third kappa shape index (κ3) is 2.21. The fourth-order valence-electron chi connectivity index (χ4n) is 3.32. The Morgan fingerprint density at radius 1 is 1.12 bits per heavy atom. The lowest BCUT2D eigenvalue weighted by molar-refractivity contribution is -0.129. The molecule has 2 aliphatic rings. The van der Waals surface area contributed by atoms with Crippen molar-refractivity contribution in [2.45, 2.75) is 25.7 Å². The minimum Gasteiger partial charge on any atom is -0.342 e. The van der Waals surface area contributed by atoms with Gasteiger partial charge in [-0.3, -0.25) is 4.79 Å². The molecule has 1 saturated heterocycles. The first-order valence-electron chi connectivity index (χ1n) is 6.64. The van der Waals surface area contributed by atoms with E-state index in [9.17, 15) is 4.79 Å². The number of hydrogen-bond acceptors (Lipinski definition) is 1. The van der Waals surface area contributed by atoms with Gasteiger partial charge in [-0.25, -0.2) is 0 Å². The Hall–Kier alpha value is -1.31. The second-order valence-electron chi connectivity index (χ2n) is 5.41. The molecular weight excluding hydrogens is 210 g/mol. The number of likely N-dealkylation sites (tertiary alicyclic amines) is 1. The maximum Gasteiger partial charge on any atom is 0.227 e. The summed E-state index contributed by atoms with van der Waals surface area (Å²) in [7, 11) is 0. The van der Waals surface area contributed by atoms with Gasteiger partial charge < -0.3 is 4.90 Å². The van der Waals surface area contributed by atoms with Crippen molar-refractivity contribution in [2.75, 3.05) is 13.1 Å². The van der Waals surface area contributed by atoms with Gasteiger partial charge in [-0.15, -0.1) is 0 Å². The summed E-state index contributed by atoms with van der Waals surface area (Å²) in [5.74, 6) is 1.91. The molecule has 2 atom stereocenters. The van der Waals surface area contributed by atoms with Crippen LogP contribution in [0.25, 0.3) is 0 Å². The Morgan fingerprint density at radius 2 is 1.76 bits per heavy atom. The standard InChI is InChI=1S/C15H19NO/c17-15(9-12-5-2-1-3-6-12)16-10-13-7-4-8-14(13)11-16/h1-3,5-6,13-14H,4,7-11H2. The average molecular weight is 229 g/mol. The number of carbonyl (C=O) groups excluding carboxylic acids is 1. The van der Waals surface area contributed by atoms with Crippen LogP contribution in [0.5, 0.6) is 0 Å². The lowest BCUT2D eigenvalue weighted by atomic mass is 10.0. The first-order chi connectivity index (χ1) is 8.33. The molecule has 0 radical (unpaired) electrons. The molecule has 1 aliphatic carbocycles. The number of carbonyl (C=O) groups is 1. The zero-order valence-corrected chi connectivity index (χ0v) is 10.1. The van der Waals surface area contributed by atoms with Crippen molar-refractivity contribution in [1.29, 1.82) is 0 Å². The van der Waals surface area contributed by atoms with E-state index in [1.807, 2.05) is 30.3 Å². The topological polar surface area (TPSA) is 20.3 Å². The van der Waals surface area contributed by atoms with Crippen LogP contribution >= 0.6 is 0 Å². The van der Waals surface area contributed by atoms with Crippen LogP contribution in [-0.2, 0) is 11.2 Å². The van der Waals surface area contributed by atoms with Crippen LogP contribution in [0.2, 0.25) is 0 Å². The molecule has 1 aromatic carbocycles. The zero-order valence-electron chi connectivity index (χ0n) is 10.1. The second kappa shape index (κ2) is 4.52. The number of benzene rings is 1. The summed E-state index contributed by atoms with van der Waals surface area (Å²) in [6, 6.07) is 10.1. The largest absolute Gasteiger partial charge is 0.342 e. The third-order valence-electron chi connectivity index (χ3n) is 4.28. The molecule has 1 heterocycles. The van der Waals surface area contributed by atoms with Gasteiger partial charge in [-0.1, -0.05) is 36.8 Å². The number of rotatable bonds is 2. The van der Waals surface area contributed by atoms with E-state index < -0.39 is 0 Å². The molecular formula is C15H19NO. The number of hydrogen-bond donors (Lipinski definition) is 0. The summed E-state index contributed by atoms with van der Waals surface area (Å²) >= 11 is 0. The van der Waals surface area contributed by atoms with Gasteiger partial charge in [-0.05, 0) is 30.2 Å². The van der Waals surface area contributed by atoms with Gasteiger partial charge in [0.05, 0.1) is 6.42 Å². The van der Waals surface area contributed by atoms with Crippen LogP contribution in [0, 0.1) is 11.8 Å². The zero-order chi connectivity index (χ0) is 11.7. The Balaban J connectivity index is 1.61. The average Bonchev–Trinajstić information content (AvgIpc) is 2.90. The van der Waals surface area contributed by atoms with Gasteiger partial charge in [0, 0.05) is 13.1 Å². The van der Waals surface area contributed by atoms with Gasteiger partial charge in [0.25, 0.3) is 0 Å². The van der Waals surface area contributed by atoms with Gasteiger partial charge in [-0.2, -0.15) is 0 Å². The van der Waals surface area contributed by atoms with E-state index in [0.717, 1.165) is 30.5 Å². The van der Waals surface area contributed by atoms with Crippen LogP contribution in [0.4, 0.5) is 0 Å². The molecule has 1 aromatic rings. The molecule has 1 aliphatic heterocycles. The minimum absolute atomic E-state index is 0.311. The number of amides is 1. The second-order valence-corrected chi connectivity index (χ2v) is 5.41. The third-order valence-corrected chi connectivity index (χ3v) is 4.28. The van der Waals surface area contributed by atoms with E-state index in [1.54, 1.807) is 0 Å². The van der Waals surface area contributed by atoms with Gasteiger partial charge in [0.1, 0.15) is 0 Å². The predicted molar refractivity (Wildman–Crippen MR) is 67.6 cm³/mol. The molecule has 2 fully saturated rings. The molecule has 2 unspecified atom stereocenters. The molecule has 1 amide bonds. The molecule has 0 spiro atoms. The summed E-state index contributed by atoms with van der Waals surface area (Å²) in [5.41, 5.74) is 1.13. The lowest BCUT2D eigenvalue weighted by Crippen LogP contribution is -2.30. The number of fused-ring (bicyclic) bond motifs is 1. The van der Waals surface area contributed by atoms with Gasteiger partial charge >= 0.3 is 0 Å². The molecule has 1 saturated carbocycles.